The largest absolute Gasteiger partial charge is 0.354 e. The van der Waals surface area contributed by atoms with Crippen LogP contribution in [0.15, 0.2) is 112 Å². The third-order valence-electron chi connectivity index (χ3n) is 12.7. The van der Waals surface area contributed by atoms with Gasteiger partial charge in [0.25, 0.3) is 11.8 Å². The Kier molecular flexibility index (Phi) is 19.0. The zero-order valence-electron chi connectivity index (χ0n) is 39.0. The summed E-state index contributed by atoms with van der Waals surface area (Å²) in [5.74, 6) is -2.16. The van der Waals surface area contributed by atoms with Crippen LogP contribution in [0.5, 0.6) is 0 Å². The number of amidine groups is 1. The number of hydrazone groups is 1. The fraction of sp³-hybridized carbons (Fsp3) is 0.389. The standard InChI is InChI=1S/C54H59Cl4N7O4/c1-2-3-4-5-6-7-8-9-10-11-12-13-14-15-16-17-23-38-32-48(66)64(53(38)68)41-29-30-43(56)47(35-41)59-40-26-20-25-37(31-40)52(67)60-51-49(62-61-46-28-21-24-36-22-18-19-27-42(36)46)54(69)65(63-51)50-44(57)33-39(55)34-45(50)58/h18-22,24-31,33-35,38,49,59H,2-17,23,32H2,1H3,(H,60,63,67). The van der Waals surface area contributed by atoms with Gasteiger partial charge in [0.2, 0.25) is 17.9 Å². The monoisotopic (exact) mass is 1010 g/mol. The summed E-state index contributed by atoms with van der Waals surface area (Å²) in [5.41, 5.74) is 2.11. The lowest BCUT2D eigenvalue weighted by molar-refractivity contribution is -0.122. The Morgan fingerprint density at radius 1 is 0.681 bits per heavy atom. The first-order chi connectivity index (χ1) is 33.5. The molecule has 5 aromatic carbocycles. The van der Waals surface area contributed by atoms with E-state index in [9.17, 15) is 19.2 Å². The quantitative estimate of drug-likeness (QED) is 0.0360. The number of fused-ring (bicyclic) bond motifs is 1. The highest BCUT2D eigenvalue weighted by Crippen LogP contribution is 2.40. The maximum atomic E-state index is 14.0. The van der Waals surface area contributed by atoms with Crippen LogP contribution < -0.4 is 20.5 Å². The number of hydrogen-bond donors (Lipinski definition) is 2. The molecule has 362 valence electrons. The van der Waals surface area contributed by atoms with E-state index in [-0.39, 0.29) is 56.3 Å². The number of halogens is 4. The number of amides is 4. The van der Waals surface area contributed by atoms with Gasteiger partial charge in [0.05, 0.1) is 32.1 Å². The molecule has 7 rings (SSSR count). The van der Waals surface area contributed by atoms with Gasteiger partial charge in [0.15, 0.2) is 5.84 Å². The van der Waals surface area contributed by atoms with Crippen LogP contribution in [-0.4, -0.2) is 35.5 Å². The van der Waals surface area contributed by atoms with Crippen molar-refractivity contribution < 1.29 is 19.2 Å². The number of hydrogen-bond acceptors (Lipinski definition) is 8. The van der Waals surface area contributed by atoms with Crippen LogP contribution in [0.1, 0.15) is 133 Å². The van der Waals surface area contributed by atoms with Crippen LogP contribution in [0.4, 0.5) is 28.4 Å². The maximum absolute atomic E-state index is 14.0. The highest BCUT2D eigenvalue weighted by molar-refractivity contribution is 6.43. The van der Waals surface area contributed by atoms with Crippen molar-refractivity contribution in [2.75, 3.05) is 15.2 Å². The van der Waals surface area contributed by atoms with Crippen molar-refractivity contribution in [3.8, 4) is 0 Å². The van der Waals surface area contributed by atoms with E-state index in [2.05, 4.69) is 32.9 Å². The van der Waals surface area contributed by atoms with E-state index < -0.39 is 17.9 Å². The molecule has 15 heteroatoms. The third kappa shape index (κ3) is 13.7. The minimum atomic E-state index is -1.37. The smallest absolute Gasteiger partial charge is 0.282 e. The fourth-order valence-corrected chi connectivity index (χ4v) is 10.1. The van der Waals surface area contributed by atoms with E-state index in [4.69, 9.17) is 46.4 Å². The second-order valence-corrected chi connectivity index (χ2v) is 19.5. The lowest BCUT2D eigenvalue weighted by atomic mass is 9.98. The highest BCUT2D eigenvalue weighted by Gasteiger charge is 2.41. The number of nitrogens with zero attached hydrogens (tertiary/aromatic N) is 5. The van der Waals surface area contributed by atoms with Crippen molar-refractivity contribution >= 4 is 115 Å². The van der Waals surface area contributed by atoms with Gasteiger partial charge in [-0.3, -0.25) is 24.1 Å². The van der Waals surface area contributed by atoms with Crippen LogP contribution in [0, 0.1) is 5.92 Å². The third-order valence-corrected chi connectivity index (χ3v) is 13.8. The van der Waals surface area contributed by atoms with E-state index in [1.54, 1.807) is 48.5 Å². The van der Waals surface area contributed by atoms with Gasteiger partial charge in [-0.15, -0.1) is 5.10 Å². The van der Waals surface area contributed by atoms with Crippen molar-refractivity contribution in [3.05, 3.63) is 123 Å². The van der Waals surface area contributed by atoms with Gasteiger partial charge in [-0.25, -0.2) is 0 Å². The average molecular weight is 1010 g/mol. The normalized spacial score (nSPS) is 16.1. The number of carbonyl (C=O) groups is 4. The molecule has 2 aliphatic heterocycles. The summed E-state index contributed by atoms with van der Waals surface area (Å²) in [6.45, 7) is 2.26. The molecule has 1 saturated heterocycles. The van der Waals surface area contributed by atoms with Crippen molar-refractivity contribution in [1.29, 1.82) is 0 Å². The van der Waals surface area contributed by atoms with Gasteiger partial charge >= 0.3 is 0 Å². The Hall–Kier alpha value is -5.33. The zero-order chi connectivity index (χ0) is 48.7. The molecule has 0 saturated carbocycles. The SMILES string of the molecule is CCCCCCCCCCCCCCCCCCC1CC(=O)N(c2ccc(Cl)c(Nc3cccc(C(=O)NC4=NN(c5c(Cl)cc(Cl)cc5Cl)C(=O)C4N=Nc4cccc5ccccc45)c3)c2)C1=O. The van der Waals surface area contributed by atoms with Gasteiger partial charge < -0.3 is 10.6 Å². The molecule has 0 radical (unpaired) electrons. The molecule has 5 aromatic rings. The van der Waals surface area contributed by atoms with Crippen LogP contribution in [0.2, 0.25) is 20.1 Å². The molecule has 2 unspecified atom stereocenters. The molecule has 1 fully saturated rings. The van der Waals surface area contributed by atoms with Gasteiger partial charge in [0, 0.05) is 34.0 Å². The lowest BCUT2D eigenvalue weighted by Gasteiger charge is -2.18. The second kappa shape index (κ2) is 25.5. The minimum Gasteiger partial charge on any atom is -0.354 e. The van der Waals surface area contributed by atoms with E-state index in [0.29, 0.717) is 34.2 Å². The Balaban J connectivity index is 0.945. The number of anilines is 4. The second-order valence-electron chi connectivity index (χ2n) is 17.9. The summed E-state index contributed by atoms with van der Waals surface area (Å²) in [5, 5.41) is 22.7. The molecule has 0 aliphatic carbocycles. The Morgan fingerprint density at radius 3 is 1.99 bits per heavy atom. The van der Waals surface area contributed by atoms with Crippen molar-refractivity contribution in [2.45, 2.75) is 129 Å². The van der Waals surface area contributed by atoms with Gasteiger partial charge in [-0.05, 0) is 66.4 Å². The lowest BCUT2D eigenvalue weighted by Crippen LogP contribution is -2.39. The Labute approximate surface area is 425 Å². The van der Waals surface area contributed by atoms with Gasteiger partial charge in [0.1, 0.15) is 5.69 Å². The van der Waals surface area contributed by atoms with Crippen molar-refractivity contribution in [3.63, 3.8) is 0 Å². The Bertz CT molecular complexity index is 2660. The minimum absolute atomic E-state index is 0.0623. The first-order valence-electron chi connectivity index (χ1n) is 24.3. The van der Waals surface area contributed by atoms with Crippen LogP contribution in [0.25, 0.3) is 10.8 Å². The number of rotatable bonds is 24. The topological polar surface area (TPSA) is 136 Å². The highest BCUT2D eigenvalue weighted by atomic mass is 35.5. The first kappa shape index (κ1) is 51.5. The molecular formula is C54H59Cl4N7O4. The summed E-state index contributed by atoms with van der Waals surface area (Å²) < 4.78 is 0. The molecule has 2 heterocycles. The zero-order valence-corrected chi connectivity index (χ0v) is 42.0. The maximum Gasteiger partial charge on any atom is 0.282 e. The van der Waals surface area contributed by atoms with Crippen molar-refractivity contribution in [2.24, 2.45) is 21.2 Å². The predicted molar refractivity (Wildman–Crippen MR) is 282 cm³/mol. The van der Waals surface area contributed by atoms with E-state index in [1.165, 1.54) is 101 Å². The fourth-order valence-electron chi connectivity index (χ4n) is 8.92. The molecule has 2 N–H and O–H groups in total. The number of benzene rings is 5. The summed E-state index contributed by atoms with van der Waals surface area (Å²) in [6, 6.07) is 26.2. The molecule has 11 nitrogen and oxygen atoms in total. The molecule has 0 aromatic heterocycles. The molecular weight excluding hydrogens is 952 g/mol. The molecule has 0 spiro atoms. The number of imide groups is 1. The van der Waals surface area contributed by atoms with E-state index >= 15 is 0 Å². The van der Waals surface area contributed by atoms with Gasteiger partial charge in [-0.2, -0.15) is 15.2 Å². The summed E-state index contributed by atoms with van der Waals surface area (Å²) >= 11 is 25.9. The summed E-state index contributed by atoms with van der Waals surface area (Å²) in [4.78, 5) is 56.1. The van der Waals surface area contributed by atoms with Crippen LogP contribution in [0.3, 0.4) is 0 Å². The number of azo groups is 1. The molecule has 69 heavy (non-hydrogen) atoms. The molecule has 2 atom stereocenters. The first-order valence-corrected chi connectivity index (χ1v) is 25.8. The number of unbranched alkanes of at least 4 members (excludes halogenated alkanes) is 15. The predicted octanol–water partition coefficient (Wildman–Crippen LogP) is 16.0. The number of nitrogens with one attached hydrogen (secondary N) is 2. The summed E-state index contributed by atoms with van der Waals surface area (Å²) in [7, 11) is 0. The van der Waals surface area contributed by atoms with Crippen LogP contribution >= 0.6 is 46.4 Å². The van der Waals surface area contributed by atoms with Crippen molar-refractivity contribution in [1.82, 2.24) is 5.32 Å². The average Bonchev–Trinajstić information content (AvgIpc) is 3.79. The molecule has 4 amide bonds. The molecule has 2 aliphatic rings. The van der Waals surface area contributed by atoms with Gasteiger partial charge in [-0.1, -0.05) is 199 Å². The van der Waals surface area contributed by atoms with E-state index in [1.807, 2.05) is 36.4 Å². The number of carbonyl (C=O) groups excluding carboxylic acids is 4. The summed E-state index contributed by atoms with van der Waals surface area (Å²) in [6.07, 6.45) is 21.3. The molecule has 0 bridgehead atoms. The van der Waals surface area contributed by atoms with Crippen LogP contribution in [-0.2, 0) is 14.4 Å². The van der Waals surface area contributed by atoms with E-state index in [0.717, 1.165) is 35.0 Å². The Morgan fingerprint density at radius 2 is 1.30 bits per heavy atom.